The van der Waals surface area contributed by atoms with Crippen LogP contribution in [0.2, 0.25) is 0 Å². The summed E-state index contributed by atoms with van der Waals surface area (Å²) >= 11 is 0. The SMILES string of the molecule is C=C[C@H]1C[N@]2CC[C@H]1C[C@H]2C(=O)c1ccnc2ccc(OC)cc12. The number of ether oxygens (including phenoxy) is 1. The molecule has 3 aliphatic rings. The smallest absolute Gasteiger partial charge is 0.180 e. The average Bonchev–Trinajstić information content (AvgIpc) is 2.66. The molecular formula is C20H22N2O2. The molecule has 124 valence electrons. The van der Waals surface area contributed by atoms with Crippen molar-refractivity contribution in [2.75, 3.05) is 20.2 Å². The van der Waals surface area contributed by atoms with Crippen molar-refractivity contribution in [1.29, 1.82) is 0 Å². The second-order valence-corrected chi connectivity index (χ2v) is 6.80. The number of ketones is 1. The second-order valence-electron chi connectivity index (χ2n) is 6.80. The lowest BCUT2D eigenvalue weighted by molar-refractivity contribution is 0.0205. The van der Waals surface area contributed by atoms with Crippen molar-refractivity contribution < 1.29 is 9.53 Å². The third-order valence-corrected chi connectivity index (χ3v) is 5.62. The zero-order valence-electron chi connectivity index (χ0n) is 13.9. The molecule has 4 heteroatoms. The number of aromatic nitrogens is 1. The summed E-state index contributed by atoms with van der Waals surface area (Å²) in [6.07, 6.45) is 5.89. The lowest BCUT2D eigenvalue weighted by Gasteiger charge is -2.48. The van der Waals surface area contributed by atoms with Gasteiger partial charge in [0.05, 0.1) is 18.7 Å². The number of pyridine rings is 1. The highest BCUT2D eigenvalue weighted by Gasteiger charge is 2.42. The van der Waals surface area contributed by atoms with Gasteiger partial charge in [-0.25, -0.2) is 0 Å². The van der Waals surface area contributed by atoms with Crippen molar-refractivity contribution in [3.8, 4) is 5.75 Å². The van der Waals surface area contributed by atoms with E-state index in [4.69, 9.17) is 4.74 Å². The summed E-state index contributed by atoms with van der Waals surface area (Å²) in [5.74, 6) is 2.07. The third kappa shape index (κ3) is 2.42. The normalized spacial score (nSPS) is 28.7. The fourth-order valence-electron chi connectivity index (χ4n) is 4.25. The number of benzene rings is 1. The number of fused-ring (bicyclic) bond motifs is 4. The Morgan fingerprint density at radius 2 is 2.29 bits per heavy atom. The molecule has 3 aliphatic heterocycles. The first kappa shape index (κ1) is 15.3. The van der Waals surface area contributed by atoms with Crippen LogP contribution in [0, 0.1) is 11.8 Å². The Morgan fingerprint density at radius 1 is 1.42 bits per heavy atom. The molecule has 1 aromatic heterocycles. The van der Waals surface area contributed by atoms with Crippen molar-refractivity contribution in [3.05, 3.63) is 48.7 Å². The van der Waals surface area contributed by atoms with Crippen LogP contribution in [-0.4, -0.2) is 41.9 Å². The molecule has 3 fully saturated rings. The Kier molecular flexibility index (Phi) is 3.85. The van der Waals surface area contributed by atoms with Crippen LogP contribution in [-0.2, 0) is 0 Å². The first-order chi connectivity index (χ1) is 11.7. The van der Waals surface area contributed by atoms with E-state index in [9.17, 15) is 4.79 Å². The first-order valence-corrected chi connectivity index (χ1v) is 8.55. The molecule has 0 radical (unpaired) electrons. The molecule has 0 unspecified atom stereocenters. The molecule has 4 atom stereocenters. The maximum atomic E-state index is 13.3. The molecule has 1 aromatic carbocycles. The van der Waals surface area contributed by atoms with E-state index in [1.807, 2.05) is 24.3 Å². The van der Waals surface area contributed by atoms with Crippen molar-refractivity contribution in [2.45, 2.75) is 18.9 Å². The quantitative estimate of drug-likeness (QED) is 0.640. The Labute approximate surface area is 142 Å². The number of nitrogens with zero attached hydrogens (tertiary/aromatic N) is 2. The minimum atomic E-state index is -0.0169. The van der Waals surface area contributed by atoms with E-state index >= 15 is 0 Å². The van der Waals surface area contributed by atoms with Gasteiger partial charge >= 0.3 is 0 Å². The van der Waals surface area contributed by atoms with Gasteiger partial charge in [0.25, 0.3) is 0 Å². The lowest BCUT2D eigenvalue weighted by Crippen LogP contribution is -2.55. The Hall–Kier alpha value is -2.20. The van der Waals surface area contributed by atoms with Crippen molar-refractivity contribution >= 4 is 16.7 Å². The molecule has 2 aromatic rings. The van der Waals surface area contributed by atoms with Crippen LogP contribution in [0.25, 0.3) is 10.9 Å². The van der Waals surface area contributed by atoms with E-state index < -0.39 is 0 Å². The number of carbonyl (C=O) groups is 1. The van der Waals surface area contributed by atoms with E-state index in [0.717, 1.165) is 41.7 Å². The molecule has 5 rings (SSSR count). The van der Waals surface area contributed by atoms with Crippen LogP contribution in [0.5, 0.6) is 5.75 Å². The van der Waals surface area contributed by atoms with Gasteiger partial charge in [-0.3, -0.25) is 14.7 Å². The van der Waals surface area contributed by atoms with E-state index in [-0.39, 0.29) is 11.8 Å². The monoisotopic (exact) mass is 322 g/mol. The standard InChI is InChI=1S/C20H22N2O2/c1-3-13-12-22-9-7-14(13)10-19(22)20(23)16-6-8-21-18-5-4-15(24-2)11-17(16)18/h3-6,8,11,13-14,19H,1,7,9-10,12H2,2H3/t13-,14-,19-/m0/s1. The molecule has 24 heavy (non-hydrogen) atoms. The third-order valence-electron chi connectivity index (χ3n) is 5.62. The van der Waals surface area contributed by atoms with Gasteiger partial charge in [-0.2, -0.15) is 0 Å². The minimum Gasteiger partial charge on any atom is -0.497 e. The summed E-state index contributed by atoms with van der Waals surface area (Å²) in [6, 6.07) is 7.53. The van der Waals surface area contributed by atoms with Crippen molar-refractivity contribution in [3.63, 3.8) is 0 Å². The van der Waals surface area contributed by atoms with Gasteiger partial charge in [0, 0.05) is 23.7 Å². The van der Waals surface area contributed by atoms with Crippen LogP contribution in [0.4, 0.5) is 0 Å². The number of hydrogen-bond donors (Lipinski definition) is 0. The molecule has 0 aliphatic carbocycles. The zero-order chi connectivity index (χ0) is 16.7. The zero-order valence-corrected chi connectivity index (χ0v) is 13.9. The minimum absolute atomic E-state index is 0.0169. The molecule has 4 nitrogen and oxygen atoms in total. The number of methoxy groups -OCH3 is 1. The predicted molar refractivity (Wildman–Crippen MR) is 94.4 cm³/mol. The molecule has 0 saturated carbocycles. The van der Waals surface area contributed by atoms with Gasteiger partial charge in [-0.1, -0.05) is 6.08 Å². The van der Waals surface area contributed by atoms with E-state index in [1.54, 1.807) is 13.3 Å². The molecule has 0 N–H and O–H groups in total. The topological polar surface area (TPSA) is 42.4 Å². The van der Waals surface area contributed by atoms with Gasteiger partial charge in [-0.15, -0.1) is 6.58 Å². The first-order valence-electron chi connectivity index (χ1n) is 8.55. The summed E-state index contributed by atoms with van der Waals surface area (Å²) in [6.45, 7) is 5.92. The summed E-state index contributed by atoms with van der Waals surface area (Å²) in [5, 5.41) is 0.879. The van der Waals surface area contributed by atoms with Gasteiger partial charge in [0.15, 0.2) is 5.78 Å². The van der Waals surface area contributed by atoms with Crippen LogP contribution in [0.15, 0.2) is 43.1 Å². The number of hydrogen-bond acceptors (Lipinski definition) is 4. The van der Waals surface area contributed by atoms with Gasteiger partial charge < -0.3 is 4.74 Å². The summed E-state index contributed by atoms with van der Waals surface area (Å²) in [4.78, 5) is 20.0. The Bertz CT molecular complexity index is 801. The van der Waals surface area contributed by atoms with Crippen LogP contribution in [0.3, 0.4) is 0 Å². The van der Waals surface area contributed by atoms with E-state index in [0.29, 0.717) is 11.8 Å². The molecule has 4 heterocycles. The molecule has 3 saturated heterocycles. The van der Waals surface area contributed by atoms with E-state index in [1.165, 1.54) is 6.42 Å². The maximum Gasteiger partial charge on any atom is 0.180 e. The largest absolute Gasteiger partial charge is 0.497 e. The van der Waals surface area contributed by atoms with Crippen LogP contribution >= 0.6 is 0 Å². The summed E-state index contributed by atoms with van der Waals surface area (Å²) in [5.41, 5.74) is 1.59. The highest BCUT2D eigenvalue weighted by atomic mass is 16.5. The van der Waals surface area contributed by atoms with Crippen molar-refractivity contribution in [1.82, 2.24) is 9.88 Å². The Morgan fingerprint density at radius 3 is 3.00 bits per heavy atom. The number of carbonyl (C=O) groups excluding carboxylic acids is 1. The maximum absolute atomic E-state index is 13.3. The van der Waals surface area contributed by atoms with Crippen LogP contribution in [0.1, 0.15) is 23.2 Å². The molecule has 2 bridgehead atoms. The summed E-state index contributed by atoms with van der Waals surface area (Å²) < 4.78 is 5.32. The molecular weight excluding hydrogens is 300 g/mol. The fourth-order valence-corrected chi connectivity index (χ4v) is 4.25. The number of rotatable bonds is 4. The lowest BCUT2D eigenvalue weighted by atomic mass is 9.74. The Balaban J connectivity index is 1.70. The number of Topliss-reactive ketones (excluding diaryl/α,β-unsaturated/α-hetero) is 1. The van der Waals surface area contributed by atoms with Gasteiger partial charge in [-0.05, 0) is 55.5 Å². The van der Waals surface area contributed by atoms with Gasteiger partial charge in [0.1, 0.15) is 5.75 Å². The van der Waals surface area contributed by atoms with Crippen molar-refractivity contribution in [2.24, 2.45) is 11.8 Å². The number of piperidine rings is 3. The molecule has 0 spiro atoms. The molecule has 0 amide bonds. The predicted octanol–water partition coefficient (Wildman–Crippen LogP) is 3.32. The van der Waals surface area contributed by atoms with Crippen LogP contribution < -0.4 is 4.74 Å². The highest BCUT2D eigenvalue weighted by molar-refractivity contribution is 6.10. The highest BCUT2D eigenvalue weighted by Crippen LogP contribution is 2.38. The second kappa shape index (κ2) is 6.02. The van der Waals surface area contributed by atoms with E-state index in [2.05, 4.69) is 22.5 Å². The fraction of sp³-hybridized carbons (Fsp3) is 0.400. The van der Waals surface area contributed by atoms with Gasteiger partial charge in [0.2, 0.25) is 0 Å². The average molecular weight is 322 g/mol. The summed E-state index contributed by atoms with van der Waals surface area (Å²) in [7, 11) is 1.64.